The largest absolute Gasteiger partial charge is 0.387 e. The third-order valence-electron chi connectivity index (χ3n) is 3.83. The highest BCUT2D eigenvalue weighted by Crippen LogP contribution is 2.15. The molecule has 0 aliphatic carbocycles. The standard InChI is InChI=1S/C18H22N2O3S/c1-3-20(4-2)18(23)14-7-5-13(6-8-14)17(22)19-11-16(21)15-9-10-24-12-15/h5-10,12,16,21H,3-4,11H2,1-2H3,(H,19,22). The van der Waals surface area contributed by atoms with Gasteiger partial charge in [0.25, 0.3) is 11.8 Å². The van der Waals surface area contributed by atoms with Crippen molar-refractivity contribution in [3.63, 3.8) is 0 Å². The van der Waals surface area contributed by atoms with E-state index in [1.807, 2.05) is 30.7 Å². The predicted octanol–water partition coefficient (Wildman–Crippen LogP) is 2.69. The fraction of sp³-hybridized carbons (Fsp3) is 0.333. The molecule has 1 aromatic carbocycles. The van der Waals surface area contributed by atoms with Gasteiger partial charge in [0.05, 0.1) is 6.10 Å². The number of carbonyl (C=O) groups excluding carboxylic acids is 2. The van der Waals surface area contributed by atoms with Crippen LogP contribution in [-0.2, 0) is 0 Å². The molecule has 6 heteroatoms. The highest BCUT2D eigenvalue weighted by molar-refractivity contribution is 7.07. The lowest BCUT2D eigenvalue weighted by atomic mass is 10.1. The number of nitrogens with zero attached hydrogens (tertiary/aromatic N) is 1. The van der Waals surface area contributed by atoms with Gasteiger partial charge in [-0.2, -0.15) is 11.3 Å². The number of rotatable bonds is 7. The number of amides is 2. The molecule has 0 saturated heterocycles. The molecule has 2 rings (SSSR count). The molecule has 2 amide bonds. The van der Waals surface area contributed by atoms with Crippen molar-refractivity contribution in [1.29, 1.82) is 0 Å². The van der Waals surface area contributed by atoms with Crippen LogP contribution in [0.3, 0.4) is 0 Å². The van der Waals surface area contributed by atoms with Gasteiger partial charge in [-0.05, 0) is 60.5 Å². The average molecular weight is 346 g/mol. The van der Waals surface area contributed by atoms with Crippen LogP contribution in [0.1, 0.15) is 46.2 Å². The number of carbonyl (C=O) groups is 2. The molecule has 1 atom stereocenters. The van der Waals surface area contributed by atoms with Crippen LogP contribution in [0.25, 0.3) is 0 Å². The maximum Gasteiger partial charge on any atom is 0.253 e. The summed E-state index contributed by atoms with van der Waals surface area (Å²) >= 11 is 1.50. The SMILES string of the molecule is CCN(CC)C(=O)c1ccc(C(=O)NCC(O)c2ccsc2)cc1. The van der Waals surface area contributed by atoms with E-state index >= 15 is 0 Å². The molecule has 0 bridgehead atoms. The van der Waals surface area contributed by atoms with Crippen molar-refractivity contribution in [1.82, 2.24) is 10.2 Å². The fourth-order valence-corrected chi connectivity index (χ4v) is 3.04. The molecule has 1 aromatic heterocycles. The first-order chi connectivity index (χ1) is 11.6. The van der Waals surface area contributed by atoms with Crippen LogP contribution >= 0.6 is 11.3 Å². The smallest absolute Gasteiger partial charge is 0.253 e. The monoisotopic (exact) mass is 346 g/mol. The topological polar surface area (TPSA) is 69.6 Å². The minimum atomic E-state index is -0.719. The summed E-state index contributed by atoms with van der Waals surface area (Å²) < 4.78 is 0. The molecule has 0 aliphatic heterocycles. The quantitative estimate of drug-likeness (QED) is 0.810. The average Bonchev–Trinajstić information content (AvgIpc) is 3.15. The molecule has 0 saturated carbocycles. The van der Waals surface area contributed by atoms with Crippen molar-refractivity contribution in [2.24, 2.45) is 0 Å². The first-order valence-corrected chi connectivity index (χ1v) is 8.88. The van der Waals surface area contributed by atoms with Crippen LogP contribution in [0.2, 0.25) is 0 Å². The Kier molecular flexibility index (Phi) is 6.52. The Bertz CT molecular complexity index is 664. The maximum atomic E-state index is 12.2. The highest BCUT2D eigenvalue weighted by Gasteiger charge is 2.14. The molecule has 0 spiro atoms. The van der Waals surface area contributed by atoms with Gasteiger partial charge in [-0.3, -0.25) is 9.59 Å². The van der Waals surface area contributed by atoms with Gasteiger partial charge in [-0.25, -0.2) is 0 Å². The van der Waals surface area contributed by atoms with Gasteiger partial charge in [0.1, 0.15) is 0 Å². The number of aliphatic hydroxyl groups excluding tert-OH is 1. The van der Waals surface area contributed by atoms with Crippen molar-refractivity contribution < 1.29 is 14.7 Å². The van der Waals surface area contributed by atoms with E-state index in [-0.39, 0.29) is 18.4 Å². The zero-order chi connectivity index (χ0) is 17.5. The second kappa shape index (κ2) is 8.61. The third-order valence-corrected chi connectivity index (χ3v) is 4.53. The Hall–Kier alpha value is -2.18. The van der Waals surface area contributed by atoms with E-state index in [4.69, 9.17) is 0 Å². The van der Waals surface area contributed by atoms with E-state index in [9.17, 15) is 14.7 Å². The van der Waals surface area contributed by atoms with E-state index in [2.05, 4.69) is 5.32 Å². The maximum absolute atomic E-state index is 12.2. The molecule has 128 valence electrons. The van der Waals surface area contributed by atoms with Crippen molar-refractivity contribution in [2.45, 2.75) is 20.0 Å². The van der Waals surface area contributed by atoms with Crippen molar-refractivity contribution in [3.8, 4) is 0 Å². The lowest BCUT2D eigenvalue weighted by Gasteiger charge is -2.18. The lowest BCUT2D eigenvalue weighted by Crippen LogP contribution is -2.30. The molecular formula is C18H22N2O3S. The zero-order valence-corrected chi connectivity index (χ0v) is 14.7. The van der Waals surface area contributed by atoms with Gasteiger partial charge in [0.2, 0.25) is 0 Å². The highest BCUT2D eigenvalue weighted by atomic mass is 32.1. The summed E-state index contributed by atoms with van der Waals surface area (Å²) in [6, 6.07) is 8.40. The molecule has 0 fully saturated rings. The first-order valence-electron chi connectivity index (χ1n) is 7.94. The number of thiophene rings is 1. The Labute approximate surface area is 145 Å². The van der Waals surface area contributed by atoms with E-state index in [1.54, 1.807) is 29.2 Å². The van der Waals surface area contributed by atoms with Gasteiger partial charge in [-0.15, -0.1) is 0 Å². The van der Waals surface area contributed by atoms with Crippen molar-refractivity contribution in [2.75, 3.05) is 19.6 Å². The summed E-state index contributed by atoms with van der Waals surface area (Å²) in [5.41, 5.74) is 1.82. The molecule has 24 heavy (non-hydrogen) atoms. The van der Waals surface area contributed by atoms with Gasteiger partial charge in [-0.1, -0.05) is 0 Å². The van der Waals surface area contributed by atoms with Gasteiger partial charge >= 0.3 is 0 Å². The Morgan fingerprint density at radius 2 is 1.75 bits per heavy atom. The fourth-order valence-electron chi connectivity index (χ4n) is 2.33. The molecule has 0 radical (unpaired) electrons. The molecule has 1 unspecified atom stereocenters. The Morgan fingerprint density at radius 3 is 2.29 bits per heavy atom. The summed E-state index contributed by atoms with van der Waals surface area (Å²) in [6.07, 6.45) is -0.719. The van der Waals surface area contributed by atoms with Crippen molar-refractivity contribution >= 4 is 23.2 Å². The van der Waals surface area contributed by atoms with Crippen molar-refractivity contribution in [3.05, 3.63) is 57.8 Å². The summed E-state index contributed by atoms with van der Waals surface area (Å²) in [4.78, 5) is 26.1. The number of nitrogens with one attached hydrogen (secondary N) is 1. The van der Waals surface area contributed by atoms with Crippen LogP contribution in [-0.4, -0.2) is 41.5 Å². The van der Waals surface area contributed by atoms with E-state index < -0.39 is 6.10 Å². The number of benzene rings is 1. The molecule has 2 N–H and O–H groups in total. The summed E-state index contributed by atoms with van der Waals surface area (Å²) in [6.45, 7) is 5.32. The van der Waals surface area contributed by atoms with E-state index in [1.165, 1.54) is 11.3 Å². The molecule has 2 aromatic rings. The molecule has 1 heterocycles. The van der Waals surface area contributed by atoms with E-state index in [0.717, 1.165) is 5.56 Å². The van der Waals surface area contributed by atoms with Crippen LogP contribution in [0, 0.1) is 0 Å². The lowest BCUT2D eigenvalue weighted by molar-refractivity contribution is 0.0772. The van der Waals surface area contributed by atoms with Crippen LogP contribution in [0.15, 0.2) is 41.1 Å². The van der Waals surface area contributed by atoms with Gasteiger partial charge in [0, 0.05) is 30.8 Å². The van der Waals surface area contributed by atoms with Gasteiger partial charge in [0.15, 0.2) is 0 Å². The number of hydrogen-bond donors (Lipinski definition) is 2. The Morgan fingerprint density at radius 1 is 1.12 bits per heavy atom. The number of aliphatic hydroxyl groups is 1. The van der Waals surface area contributed by atoms with Gasteiger partial charge < -0.3 is 15.3 Å². The zero-order valence-electron chi connectivity index (χ0n) is 13.9. The molecule has 0 aliphatic rings. The van der Waals surface area contributed by atoms with Crippen LogP contribution < -0.4 is 5.32 Å². The summed E-state index contributed by atoms with van der Waals surface area (Å²) in [5, 5.41) is 16.4. The van der Waals surface area contributed by atoms with E-state index in [0.29, 0.717) is 24.2 Å². The minimum absolute atomic E-state index is 0.0418. The molecular weight excluding hydrogens is 324 g/mol. The van der Waals surface area contributed by atoms with Crippen LogP contribution in [0.5, 0.6) is 0 Å². The minimum Gasteiger partial charge on any atom is -0.387 e. The predicted molar refractivity (Wildman–Crippen MR) is 95.3 cm³/mol. The Balaban J connectivity index is 1.95. The van der Waals surface area contributed by atoms with Crippen LogP contribution in [0.4, 0.5) is 0 Å². The molecule has 5 nitrogen and oxygen atoms in total. The third kappa shape index (κ3) is 4.43. The second-order valence-electron chi connectivity index (χ2n) is 5.34. The second-order valence-corrected chi connectivity index (χ2v) is 6.12. The normalized spacial score (nSPS) is 11.8. The summed E-state index contributed by atoms with van der Waals surface area (Å²) in [7, 11) is 0. The summed E-state index contributed by atoms with van der Waals surface area (Å²) in [5.74, 6) is -0.314. The first kappa shape index (κ1) is 18.2. The number of hydrogen-bond acceptors (Lipinski definition) is 4.